The Morgan fingerprint density at radius 2 is 2.35 bits per heavy atom. The number of rotatable bonds is 6. The second-order valence-electron chi connectivity index (χ2n) is 3.69. The number of nitrogens with one attached hydrogen (secondary N) is 2. The first kappa shape index (κ1) is 13.9. The lowest BCUT2D eigenvalue weighted by atomic mass is 10.2. The van der Waals surface area contributed by atoms with E-state index < -0.39 is 0 Å². The van der Waals surface area contributed by atoms with Crippen LogP contribution >= 0.6 is 11.3 Å². The number of thiazole rings is 1. The molecule has 0 saturated heterocycles. The van der Waals surface area contributed by atoms with Crippen molar-refractivity contribution in [2.45, 2.75) is 39.3 Å². The van der Waals surface area contributed by atoms with Gasteiger partial charge in [0.1, 0.15) is 5.01 Å². The van der Waals surface area contributed by atoms with Crippen LogP contribution < -0.4 is 10.6 Å². The van der Waals surface area contributed by atoms with Crippen LogP contribution in [0.4, 0.5) is 4.79 Å². The van der Waals surface area contributed by atoms with E-state index in [1.54, 1.807) is 11.3 Å². The predicted molar refractivity (Wildman–Crippen MR) is 68.0 cm³/mol. The van der Waals surface area contributed by atoms with Crippen LogP contribution in [0.2, 0.25) is 0 Å². The summed E-state index contributed by atoms with van der Waals surface area (Å²) in [4.78, 5) is 16.9. The van der Waals surface area contributed by atoms with Gasteiger partial charge in [-0.25, -0.2) is 9.78 Å². The highest BCUT2D eigenvalue weighted by atomic mass is 32.1. The van der Waals surface area contributed by atoms with E-state index in [1.807, 2.05) is 13.1 Å². The van der Waals surface area contributed by atoms with Crippen molar-refractivity contribution >= 4 is 17.4 Å². The molecule has 0 radical (unpaired) electrons. The van der Waals surface area contributed by atoms with Gasteiger partial charge in [-0.1, -0.05) is 13.8 Å². The lowest BCUT2D eigenvalue weighted by molar-refractivity contribution is 0.214. The van der Waals surface area contributed by atoms with Crippen molar-refractivity contribution in [3.05, 3.63) is 16.1 Å². The molecular formula is C11H19N3O2S. The molecule has 96 valence electrons. The number of amides is 2. The minimum absolute atomic E-state index is 0.0405. The van der Waals surface area contributed by atoms with E-state index >= 15 is 0 Å². The van der Waals surface area contributed by atoms with Crippen LogP contribution in [0.15, 0.2) is 6.20 Å². The van der Waals surface area contributed by atoms with Gasteiger partial charge in [0.25, 0.3) is 0 Å². The van der Waals surface area contributed by atoms with Gasteiger partial charge in [0.15, 0.2) is 0 Å². The average Bonchev–Trinajstić information content (AvgIpc) is 2.81. The zero-order valence-electron chi connectivity index (χ0n) is 10.2. The van der Waals surface area contributed by atoms with Gasteiger partial charge in [-0.2, -0.15) is 0 Å². The molecule has 0 aliphatic rings. The molecule has 1 heterocycles. The number of carbonyl (C=O) groups excluding carboxylic acids is 1. The van der Waals surface area contributed by atoms with Gasteiger partial charge < -0.3 is 15.7 Å². The topological polar surface area (TPSA) is 74.2 Å². The molecule has 1 aromatic rings. The highest BCUT2D eigenvalue weighted by Gasteiger charge is 2.09. The van der Waals surface area contributed by atoms with Crippen molar-refractivity contribution in [1.29, 1.82) is 0 Å². The Kier molecular flexibility index (Phi) is 5.93. The predicted octanol–water partition coefficient (Wildman–Crippen LogP) is 1.28. The quantitative estimate of drug-likeness (QED) is 0.718. The minimum Gasteiger partial charge on any atom is -0.394 e. The summed E-state index contributed by atoms with van der Waals surface area (Å²) >= 11 is 1.60. The Labute approximate surface area is 105 Å². The molecule has 0 aliphatic heterocycles. The zero-order chi connectivity index (χ0) is 12.7. The minimum atomic E-state index is -0.265. The lowest BCUT2D eigenvalue weighted by Crippen LogP contribution is -2.43. The third-order valence-electron chi connectivity index (χ3n) is 2.40. The molecule has 0 fully saturated rings. The van der Waals surface area contributed by atoms with Crippen molar-refractivity contribution in [3.63, 3.8) is 0 Å². The molecule has 6 heteroatoms. The second kappa shape index (κ2) is 7.24. The molecule has 3 N–H and O–H groups in total. The SMILES string of the molecule is CCc1cnc(CNC(=O)NC(CC)CO)s1. The molecular weight excluding hydrogens is 238 g/mol. The van der Waals surface area contributed by atoms with Crippen molar-refractivity contribution in [3.8, 4) is 0 Å². The largest absolute Gasteiger partial charge is 0.394 e. The highest BCUT2D eigenvalue weighted by molar-refractivity contribution is 7.11. The normalized spacial score (nSPS) is 12.2. The smallest absolute Gasteiger partial charge is 0.315 e. The summed E-state index contributed by atoms with van der Waals surface area (Å²) in [7, 11) is 0. The van der Waals surface area contributed by atoms with E-state index in [9.17, 15) is 4.79 Å². The summed E-state index contributed by atoms with van der Waals surface area (Å²) in [6.45, 7) is 4.37. The fraction of sp³-hybridized carbons (Fsp3) is 0.636. The molecule has 1 unspecified atom stereocenters. The van der Waals surface area contributed by atoms with Crippen LogP contribution in [0, 0.1) is 0 Å². The van der Waals surface area contributed by atoms with Crippen LogP contribution in [-0.4, -0.2) is 28.8 Å². The zero-order valence-corrected chi connectivity index (χ0v) is 11.0. The second-order valence-corrected chi connectivity index (χ2v) is 4.89. The number of aromatic nitrogens is 1. The number of hydrogen-bond acceptors (Lipinski definition) is 4. The van der Waals surface area contributed by atoms with Crippen LogP contribution in [0.5, 0.6) is 0 Å². The van der Waals surface area contributed by atoms with Crippen LogP contribution in [-0.2, 0) is 13.0 Å². The van der Waals surface area contributed by atoms with E-state index in [0.717, 1.165) is 11.4 Å². The first-order chi connectivity index (χ1) is 8.19. The van der Waals surface area contributed by atoms with Crippen LogP contribution in [0.3, 0.4) is 0 Å². The van der Waals surface area contributed by atoms with Gasteiger partial charge >= 0.3 is 6.03 Å². The Balaban J connectivity index is 2.32. The fourth-order valence-corrected chi connectivity index (χ4v) is 2.06. The van der Waals surface area contributed by atoms with Gasteiger partial charge in [0.05, 0.1) is 19.2 Å². The summed E-state index contributed by atoms with van der Waals surface area (Å²) in [5.41, 5.74) is 0. The Morgan fingerprint density at radius 3 is 2.88 bits per heavy atom. The molecule has 0 saturated carbocycles. The molecule has 1 aromatic heterocycles. The Bertz CT molecular complexity index is 350. The van der Waals surface area contributed by atoms with E-state index in [-0.39, 0.29) is 18.7 Å². The first-order valence-corrected chi connectivity index (χ1v) is 6.60. The molecule has 1 atom stereocenters. The number of urea groups is 1. The van der Waals surface area contributed by atoms with Gasteiger partial charge in [0, 0.05) is 11.1 Å². The van der Waals surface area contributed by atoms with Crippen molar-refractivity contribution in [2.24, 2.45) is 0 Å². The van der Waals surface area contributed by atoms with E-state index in [4.69, 9.17) is 5.11 Å². The van der Waals surface area contributed by atoms with Gasteiger partial charge in [-0.15, -0.1) is 11.3 Å². The monoisotopic (exact) mass is 257 g/mol. The number of carbonyl (C=O) groups is 1. The van der Waals surface area contributed by atoms with Gasteiger partial charge in [0.2, 0.25) is 0 Å². The van der Waals surface area contributed by atoms with Crippen LogP contribution in [0.25, 0.3) is 0 Å². The van der Waals surface area contributed by atoms with Crippen LogP contribution in [0.1, 0.15) is 30.2 Å². The third-order valence-corrected chi connectivity index (χ3v) is 3.54. The number of aliphatic hydroxyl groups is 1. The summed E-state index contributed by atoms with van der Waals surface area (Å²) in [5.74, 6) is 0. The van der Waals surface area contributed by atoms with Crippen molar-refractivity contribution in [1.82, 2.24) is 15.6 Å². The Hall–Kier alpha value is -1.14. The van der Waals surface area contributed by atoms with E-state index in [1.165, 1.54) is 4.88 Å². The number of hydrogen-bond donors (Lipinski definition) is 3. The lowest BCUT2D eigenvalue weighted by Gasteiger charge is -2.14. The van der Waals surface area contributed by atoms with Gasteiger partial charge in [-0.05, 0) is 12.8 Å². The highest BCUT2D eigenvalue weighted by Crippen LogP contribution is 2.12. The standard InChI is InChI=1S/C11H19N3O2S/c1-3-8(7-15)14-11(16)13-6-10-12-5-9(4-2)17-10/h5,8,15H,3-4,6-7H2,1-2H3,(H2,13,14,16). The third kappa shape index (κ3) is 4.70. The van der Waals surface area contributed by atoms with Crippen molar-refractivity contribution in [2.75, 3.05) is 6.61 Å². The molecule has 17 heavy (non-hydrogen) atoms. The summed E-state index contributed by atoms with van der Waals surface area (Å²) in [6, 6.07) is -0.448. The van der Waals surface area contributed by atoms with Gasteiger partial charge in [-0.3, -0.25) is 0 Å². The van der Waals surface area contributed by atoms with Crippen molar-refractivity contribution < 1.29 is 9.90 Å². The summed E-state index contributed by atoms with van der Waals surface area (Å²) in [6.07, 6.45) is 3.51. The molecule has 2 amide bonds. The molecule has 0 aromatic carbocycles. The molecule has 5 nitrogen and oxygen atoms in total. The molecule has 0 spiro atoms. The summed E-state index contributed by atoms with van der Waals surface area (Å²) < 4.78 is 0. The number of aliphatic hydroxyl groups excluding tert-OH is 1. The Morgan fingerprint density at radius 1 is 1.59 bits per heavy atom. The maximum atomic E-state index is 11.5. The first-order valence-electron chi connectivity index (χ1n) is 5.78. The fourth-order valence-electron chi connectivity index (χ4n) is 1.26. The summed E-state index contributed by atoms with van der Waals surface area (Å²) in [5, 5.41) is 15.2. The average molecular weight is 257 g/mol. The number of aryl methyl sites for hydroxylation is 1. The molecule has 1 rings (SSSR count). The number of nitrogens with zero attached hydrogens (tertiary/aromatic N) is 1. The van der Waals surface area contributed by atoms with E-state index in [0.29, 0.717) is 13.0 Å². The molecule has 0 aliphatic carbocycles. The van der Waals surface area contributed by atoms with E-state index in [2.05, 4.69) is 22.5 Å². The molecule has 0 bridgehead atoms. The maximum absolute atomic E-state index is 11.5. The maximum Gasteiger partial charge on any atom is 0.315 e.